The molecule has 6 heteroatoms. The summed E-state index contributed by atoms with van der Waals surface area (Å²) in [4.78, 5) is 21.2. The highest BCUT2D eigenvalue weighted by Crippen LogP contribution is 2.06. The minimum atomic E-state index is -1.51. The van der Waals surface area contributed by atoms with Crippen molar-refractivity contribution >= 4 is 11.9 Å². The van der Waals surface area contributed by atoms with Crippen molar-refractivity contribution in [2.75, 3.05) is 13.2 Å². The molecule has 0 aliphatic heterocycles. The third-order valence-electron chi connectivity index (χ3n) is 1.71. The lowest BCUT2D eigenvalue weighted by Gasteiger charge is -2.21. The first-order valence-corrected chi connectivity index (χ1v) is 3.84. The summed E-state index contributed by atoms with van der Waals surface area (Å²) in [5.41, 5.74) is 8.87. The monoisotopic (exact) mass is 190 g/mol. The molecule has 0 unspecified atom stereocenters. The zero-order valence-corrected chi connectivity index (χ0v) is 7.45. The normalized spacial score (nSPS) is 14.7. The van der Waals surface area contributed by atoms with Crippen LogP contribution in [0, 0.1) is 0 Å². The fourth-order valence-corrected chi connectivity index (χ4v) is 0.583. The Labute approximate surface area is 75.8 Å². The molecule has 0 saturated carbocycles. The molecule has 6 nitrogen and oxygen atoms in total. The summed E-state index contributed by atoms with van der Waals surface area (Å²) in [5.74, 6) is -1.86. The van der Waals surface area contributed by atoms with Gasteiger partial charge in [0.05, 0.1) is 6.54 Å². The first kappa shape index (κ1) is 11.9. The van der Waals surface area contributed by atoms with Crippen molar-refractivity contribution in [1.82, 2.24) is 0 Å². The van der Waals surface area contributed by atoms with Gasteiger partial charge < -0.3 is 21.3 Å². The van der Waals surface area contributed by atoms with Crippen LogP contribution in [0.4, 0.5) is 0 Å². The number of aliphatic carboxylic acids is 1. The van der Waals surface area contributed by atoms with Crippen LogP contribution in [0.15, 0.2) is 0 Å². The predicted molar refractivity (Wildman–Crippen MR) is 44.9 cm³/mol. The maximum Gasteiger partial charge on any atom is 0.327 e. The molecule has 0 spiro atoms. The lowest BCUT2D eigenvalue weighted by Crippen LogP contribution is -2.52. The first-order valence-electron chi connectivity index (χ1n) is 3.84. The number of carbonyl (C=O) groups excluding carboxylic acids is 1. The van der Waals surface area contributed by atoms with Gasteiger partial charge in [0, 0.05) is 0 Å². The Bertz CT molecular complexity index is 207. The maximum absolute atomic E-state index is 10.6. The average Bonchev–Trinajstić information content (AvgIpc) is 2.13. The topological polar surface area (TPSA) is 116 Å². The molecule has 0 saturated heterocycles. The number of carbonyl (C=O) groups is 2. The standard InChI is InChI=1S/C7H14N2O4/c1-2-7(9,6(11)12)4-13-5(10)3-8/h2-4,8-9H2,1H3,(H,11,12)/t7-/m0/s1. The number of carboxylic acid groups (broad SMARTS) is 1. The molecule has 0 rings (SSSR count). The number of rotatable bonds is 5. The van der Waals surface area contributed by atoms with Crippen molar-refractivity contribution in [3.05, 3.63) is 0 Å². The summed E-state index contributed by atoms with van der Waals surface area (Å²) in [5, 5.41) is 8.67. The molecule has 0 radical (unpaired) electrons. The van der Waals surface area contributed by atoms with E-state index in [0.717, 1.165) is 0 Å². The second kappa shape index (κ2) is 4.78. The Kier molecular flexibility index (Phi) is 4.36. The van der Waals surface area contributed by atoms with Crippen molar-refractivity contribution in [2.24, 2.45) is 11.5 Å². The fourth-order valence-electron chi connectivity index (χ4n) is 0.583. The zero-order chi connectivity index (χ0) is 10.5. The second-order valence-electron chi connectivity index (χ2n) is 2.68. The van der Waals surface area contributed by atoms with Crippen LogP contribution in [0.5, 0.6) is 0 Å². The summed E-state index contributed by atoms with van der Waals surface area (Å²) in [6, 6.07) is 0. The Balaban J connectivity index is 4.13. The lowest BCUT2D eigenvalue weighted by atomic mass is 9.99. The molecule has 1 atom stereocenters. The summed E-state index contributed by atoms with van der Waals surface area (Å²) in [6.07, 6.45) is 0.181. The third-order valence-corrected chi connectivity index (χ3v) is 1.71. The average molecular weight is 190 g/mol. The molecule has 0 aliphatic rings. The Morgan fingerprint density at radius 3 is 2.38 bits per heavy atom. The van der Waals surface area contributed by atoms with Crippen LogP contribution in [0.1, 0.15) is 13.3 Å². The summed E-state index contributed by atoms with van der Waals surface area (Å²) < 4.78 is 4.54. The lowest BCUT2D eigenvalue weighted by molar-refractivity contribution is -0.152. The van der Waals surface area contributed by atoms with Gasteiger partial charge in [-0.25, -0.2) is 0 Å². The molecule has 0 aliphatic carbocycles. The third kappa shape index (κ3) is 3.39. The molecule has 0 bridgehead atoms. The minimum Gasteiger partial charge on any atom is -0.480 e. The van der Waals surface area contributed by atoms with E-state index in [1.54, 1.807) is 6.92 Å². The highest BCUT2D eigenvalue weighted by atomic mass is 16.5. The number of hydrogen-bond donors (Lipinski definition) is 3. The molecule has 0 heterocycles. The van der Waals surface area contributed by atoms with Gasteiger partial charge in [-0.1, -0.05) is 6.92 Å². The van der Waals surface area contributed by atoms with E-state index in [1.807, 2.05) is 0 Å². The number of ether oxygens (including phenoxy) is 1. The van der Waals surface area contributed by atoms with E-state index < -0.39 is 17.5 Å². The minimum absolute atomic E-state index is 0.181. The fraction of sp³-hybridized carbons (Fsp3) is 0.714. The molecular weight excluding hydrogens is 176 g/mol. The van der Waals surface area contributed by atoms with Crippen LogP contribution in [0.3, 0.4) is 0 Å². The van der Waals surface area contributed by atoms with Gasteiger partial charge in [0.2, 0.25) is 0 Å². The van der Waals surface area contributed by atoms with Crippen LogP contribution in [0.25, 0.3) is 0 Å². The van der Waals surface area contributed by atoms with Crippen molar-refractivity contribution in [2.45, 2.75) is 18.9 Å². The van der Waals surface area contributed by atoms with Crippen LogP contribution >= 0.6 is 0 Å². The highest BCUT2D eigenvalue weighted by molar-refractivity contribution is 5.79. The van der Waals surface area contributed by atoms with Gasteiger partial charge in [0.15, 0.2) is 0 Å². The van der Waals surface area contributed by atoms with Crippen LogP contribution in [0.2, 0.25) is 0 Å². The maximum atomic E-state index is 10.6. The molecule has 0 amide bonds. The van der Waals surface area contributed by atoms with E-state index in [4.69, 9.17) is 16.6 Å². The van der Waals surface area contributed by atoms with E-state index in [9.17, 15) is 9.59 Å². The van der Waals surface area contributed by atoms with E-state index >= 15 is 0 Å². The van der Waals surface area contributed by atoms with E-state index in [-0.39, 0.29) is 19.6 Å². The molecule has 5 N–H and O–H groups in total. The molecule has 0 aromatic heterocycles. The second-order valence-corrected chi connectivity index (χ2v) is 2.68. The predicted octanol–water partition coefficient (Wildman–Crippen LogP) is -1.32. The summed E-state index contributed by atoms with van der Waals surface area (Å²) in [6.45, 7) is 0.971. The Morgan fingerprint density at radius 2 is 2.08 bits per heavy atom. The molecule has 0 aromatic carbocycles. The van der Waals surface area contributed by atoms with Gasteiger partial charge >= 0.3 is 11.9 Å². The molecule has 13 heavy (non-hydrogen) atoms. The largest absolute Gasteiger partial charge is 0.480 e. The van der Waals surface area contributed by atoms with Gasteiger partial charge in [-0.3, -0.25) is 9.59 Å². The van der Waals surface area contributed by atoms with E-state index in [0.29, 0.717) is 0 Å². The number of esters is 1. The summed E-state index contributed by atoms with van der Waals surface area (Å²) in [7, 11) is 0. The van der Waals surface area contributed by atoms with E-state index in [2.05, 4.69) is 4.74 Å². The van der Waals surface area contributed by atoms with Gasteiger partial charge in [0.25, 0.3) is 0 Å². The molecule has 76 valence electrons. The van der Waals surface area contributed by atoms with Crippen molar-refractivity contribution in [3.63, 3.8) is 0 Å². The smallest absolute Gasteiger partial charge is 0.327 e. The van der Waals surface area contributed by atoms with Crippen molar-refractivity contribution in [3.8, 4) is 0 Å². The SMILES string of the molecule is CC[C@](N)(COC(=O)CN)C(=O)O. The first-order chi connectivity index (χ1) is 5.96. The zero-order valence-electron chi connectivity index (χ0n) is 7.45. The van der Waals surface area contributed by atoms with Gasteiger partial charge in [-0.2, -0.15) is 0 Å². The van der Waals surface area contributed by atoms with Crippen molar-refractivity contribution in [1.29, 1.82) is 0 Å². The highest BCUT2D eigenvalue weighted by Gasteiger charge is 2.33. The Morgan fingerprint density at radius 1 is 1.54 bits per heavy atom. The number of carboxylic acids is 1. The van der Waals surface area contributed by atoms with E-state index in [1.165, 1.54) is 0 Å². The molecule has 0 aromatic rings. The molecule has 0 fully saturated rings. The van der Waals surface area contributed by atoms with Gasteiger partial charge in [-0.15, -0.1) is 0 Å². The van der Waals surface area contributed by atoms with Gasteiger partial charge in [0.1, 0.15) is 12.1 Å². The van der Waals surface area contributed by atoms with Crippen LogP contribution < -0.4 is 11.5 Å². The van der Waals surface area contributed by atoms with Crippen LogP contribution in [-0.4, -0.2) is 35.7 Å². The summed E-state index contributed by atoms with van der Waals surface area (Å²) >= 11 is 0. The number of nitrogens with two attached hydrogens (primary N) is 2. The van der Waals surface area contributed by atoms with Crippen molar-refractivity contribution < 1.29 is 19.4 Å². The van der Waals surface area contributed by atoms with Gasteiger partial charge in [-0.05, 0) is 6.42 Å². The Hall–Kier alpha value is -1.14. The molecular formula is C7H14N2O4. The quantitative estimate of drug-likeness (QED) is 0.463. The number of hydrogen-bond acceptors (Lipinski definition) is 5. The van der Waals surface area contributed by atoms with Crippen LogP contribution in [-0.2, 0) is 14.3 Å².